The molecule has 9 heteroatoms. The number of aromatic nitrogens is 1. The quantitative estimate of drug-likeness (QED) is 0.386. The van der Waals surface area contributed by atoms with Crippen LogP contribution in [0.1, 0.15) is 31.4 Å². The zero-order valence-electron chi connectivity index (χ0n) is 16.9. The van der Waals surface area contributed by atoms with Crippen molar-refractivity contribution in [1.82, 2.24) is 14.8 Å². The van der Waals surface area contributed by atoms with Gasteiger partial charge in [-0.05, 0) is 58.5 Å². The summed E-state index contributed by atoms with van der Waals surface area (Å²) in [5.74, 6) is -0.947. The van der Waals surface area contributed by atoms with E-state index in [4.69, 9.17) is 0 Å². The second kappa shape index (κ2) is 9.65. The number of rotatable bonds is 9. The van der Waals surface area contributed by atoms with Crippen molar-refractivity contribution < 1.29 is 18.4 Å². The van der Waals surface area contributed by atoms with E-state index in [9.17, 15) is 18.4 Å². The van der Waals surface area contributed by atoms with Crippen LogP contribution in [0.15, 0.2) is 54.2 Å². The van der Waals surface area contributed by atoms with Crippen LogP contribution >= 0.6 is 11.3 Å². The molecule has 3 rings (SSSR count). The van der Waals surface area contributed by atoms with Crippen LogP contribution in [0.3, 0.4) is 0 Å². The summed E-state index contributed by atoms with van der Waals surface area (Å²) in [6.07, 6.45) is 3.45. The number of carbonyl (C=O) groups is 1. The van der Waals surface area contributed by atoms with Crippen LogP contribution in [0.4, 0.5) is 0 Å². The molecule has 1 atom stereocenters. The number of nitrogens with zero attached hydrogens (tertiary/aromatic N) is 2. The van der Waals surface area contributed by atoms with Crippen molar-refractivity contribution in [3.8, 4) is 0 Å². The third-order valence-corrected chi connectivity index (χ3v) is 7.43. The zero-order chi connectivity index (χ0) is 21.7. The lowest BCUT2D eigenvalue weighted by Crippen LogP contribution is -2.49. The van der Waals surface area contributed by atoms with E-state index in [2.05, 4.69) is 4.98 Å². The minimum atomic E-state index is -3.89. The fourth-order valence-corrected chi connectivity index (χ4v) is 5.80. The van der Waals surface area contributed by atoms with Gasteiger partial charge in [0.2, 0.25) is 10.0 Å². The summed E-state index contributed by atoms with van der Waals surface area (Å²) in [5, 5.41) is 12.2. The molecule has 0 unspecified atom stereocenters. The normalized spacial score (nSPS) is 13.1. The number of pyridine rings is 1. The first-order valence-corrected chi connectivity index (χ1v) is 12.1. The van der Waals surface area contributed by atoms with E-state index in [-0.39, 0.29) is 24.6 Å². The number of sulfonamides is 1. The SMILES string of the molecule is CC(C)C[C@H](C(=O)NO)N(Cc1cccnc1)S(=O)(=O)Cc1ccc2sccc2c1. The van der Waals surface area contributed by atoms with Gasteiger partial charge in [-0.1, -0.05) is 26.0 Å². The molecule has 7 nitrogen and oxygen atoms in total. The van der Waals surface area contributed by atoms with Crippen molar-refractivity contribution in [3.63, 3.8) is 0 Å². The molecule has 2 aromatic heterocycles. The highest BCUT2D eigenvalue weighted by atomic mass is 32.2. The molecule has 1 amide bonds. The average Bonchev–Trinajstić information content (AvgIpc) is 3.18. The summed E-state index contributed by atoms with van der Waals surface area (Å²) in [6.45, 7) is 3.79. The van der Waals surface area contributed by atoms with Crippen LogP contribution in [-0.2, 0) is 27.1 Å². The largest absolute Gasteiger partial charge is 0.289 e. The van der Waals surface area contributed by atoms with Crippen molar-refractivity contribution in [3.05, 3.63) is 65.3 Å². The van der Waals surface area contributed by atoms with Crippen LogP contribution in [0, 0.1) is 5.92 Å². The van der Waals surface area contributed by atoms with Crippen LogP contribution in [0.25, 0.3) is 10.1 Å². The third-order valence-electron chi connectivity index (χ3n) is 4.74. The Hall–Kier alpha value is -2.33. The van der Waals surface area contributed by atoms with Gasteiger partial charge in [-0.2, -0.15) is 4.31 Å². The van der Waals surface area contributed by atoms with E-state index in [0.717, 1.165) is 10.1 Å². The van der Waals surface area contributed by atoms with Gasteiger partial charge in [0.15, 0.2) is 0 Å². The monoisotopic (exact) mass is 447 g/mol. The molecule has 0 aliphatic rings. The Morgan fingerprint density at radius 3 is 2.70 bits per heavy atom. The Balaban J connectivity index is 1.97. The summed E-state index contributed by atoms with van der Waals surface area (Å²) < 4.78 is 29.2. The number of amides is 1. The highest BCUT2D eigenvalue weighted by Gasteiger charge is 2.35. The van der Waals surface area contributed by atoms with Crippen LogP contribution in [0.5, 0.6) is 0 Å². The Labute approximate surface area is 180 Å². The second-order valence-electron chi connectivity index (χ2n) is 7.58. The van der Waals surface area contributed by atoms with E-state index in [0.29, 0.717) is 11.1 Å². The molecule has 0 spiro atoms. The molecule has 0 fully saturated rings. The van der Waals surface area contributed by atoms with E-state index < -0.39 is 22.0 Å². The van der Waals surface area contributed by atoms with Crippen molar-refractivity contribution >= 4 is 37.4 Å². The summed E-state index contributed by atoms with van der Waals surface area (Å²) in [6, 6.07) is 9.94. The van der Waals surface area contributed by atoms with Gasteiger partial charge >= 0.3 is 0 Å². The summed E-state index contributed by atoms with van der Waals surface area (Å²) in [5.41, 5.74) is 2.94. The van der Waals surface area contributed by atoms with Gasteiger partial charge in [-0.3, -0.25) is 15.0 Å². The predicted molar refractivity (Wildman–Crippen MR) is 117 cm³/mol. The number of thiophene rings is 1. The maximum atomic E-state index is 13.5. The first-order valence-electron chi connectivity index (χ1n) is 9.58. The molecule has 1 aromatic carbocycles. The van der Waals surface area contributed by atoms with E-state index >= 15 is 0 Å². The minimum absolute atomic E-state index is 0.0122. The highest BCUT2D eigenvalue weighted by molar-refractivity contribution is 7.88. The number of benzene rings is 1. The van der Waals surface area contributed by atoms with Crippen LogP contribution in [-0.4, -0.2) is 34.9 Å². The van der Waals surface area contributed by atoms with Gasteiger partial charge in [0.05, 0.1) is 5.75 Å². The van der Waals surface area contributed by atoms with Gasteiger partial charge in [-0.15, -0.1) is 11.3 Å². The number of hydrogen-bond acceptors (Lipinski definition) is 6. The lowest BCUT2D eigenvalue weighted by molar-refractivity contribution is -0.133. The molecular formula is C21H25N3O4S2. The van der Waals surface area contributed by atoms with Gasteiger partial charge in [0.25, 0.3) is 5.91 Å². The fourth-order valence-electron chi connectivity index (χ4n) is 3.35. The Bertz CT molecular complexity index is 1100. The third kappa shape index (κ3) is 5.42. The smallest absolute Gasteiger partial charge is 0.261 e. The van der Waals surface area contributed by atoms with Gasteiger partial charge in [-0.25, -0.2) is 13.9 Å². The van der Waals surface area contributed by atoms with E-state index in [1.807, 2.05) is 37.4 Å². The topological polar surface area (TPSA) is 99.6 Å². The molecule has 2 N–H and O–H groups in total. The molecule has 0 radical (unpaired) electrons. The summed E-state index contributed by atoms with van der Waals surface area (Å²) in [4.78, 5) is 16.5. The van der Waals surface area contributed by atoms with Gasteiger partial charge in [0.1, 0.15) is 6.04 Å². The zero-order valence-corrected chi connectivity index (χ0v) is 18.5. The maximum Gasteiger partial charge on any atom is 0.261 e. The molecule has 0 bridgehead atoms. The molecule has 2 heterocycles. The lowest BCUT2D eigenvalue weighted by Gasteiger charge is -2.30. The van der Waals surface area contributed by atoms with Crippen molar-refractivity contribution in [1.29, 1.82) is 0 Å². The Morgan fingerprint density at radius 1 is 1.23 bits per heavy atom. The Morgan fingerprint density at radius 2 is 2.03 bits per heavy atom. The predicted octanol–water partition coefficient (Wildman–Crippen LogP) is 3.55. The lowest BCUT2D eigenvalue weighted by atomic mass is 10.0. The molecule has 160 valence electrons. The minimum Gasteiger partial charge on any atom is -0.289 e. The maximum absolute atomic E-state index is 13.5. The first-order chi connectivity index (χ1) is 14.3. The first kappa shape index (κ1) is 22.4. The fraction of sp³-hybridized carbons (Fsp3) is 0.333. The number of hydroxylamine groups is 1. The van der Waals surface area contributed by atoms with Crippen LogP contribution < -0.4 is 5.48 Å². The van der Waals surface area contributed by atoms with Crippen LogP contribution in [0.2, 0.25) is 0 Å². The molecular weight excluding hydrogens is 422 g/mol. The summed E-state index contributed by atoms with van der Waals surface area (Å²) in [7, 11) is -3.89. The molecule has 0 saturated heterocycles. The number of fused-ring (bicyclic) bond motifs is 1. The van der Waals surface area contributed by atoms with Crippen molar-refractivity contribution in [2.75, 3.05) is 0 Å². The number of carbonyl (C=O) groups excluding carboxylic acids is 1. The molecule has 0 saturated carbocycles. The number of nitrogens with one attached hydrogen (secondary N) is 1. The van der Waals surface area contributed by atoms with E-state index in [1.54, 1.807) is 47.4 Å². The number of hydrogen-bond donors (Lipinski definition) is 2. The Kier molecular flexibility index (Phi) is 7.19. The average molecular weight is 448 g/mol. The van der Waals surface area contributed by atoms with Crippen molar-refractivity contribution in [2.24, 2.45) is 5.92 Å². The molecule has 3 aromatic rings. The highest BCUT2D eigenvalue weighted by Crippen LogP contribution is 2.26. The second-order valence-corrected chi connectivity index (χ2v) is 10.4. The van der Waals surface area contributed by atoms with Gasteiger partial charge in [0, 0.05) is 23.6 Å². The molecule has 0 aliphatic carbocycles. The molecule has 30 heavy (non-hydrogen) atoms. The van der Waals surface area contributed by atoms with Gasteiger partial charge < -0.3 is 0 Å². The standard InChI is InChI=1S/C21H25N3O4S2/c1-15(2)10-19(21(25)23-26)24(13-17-4-3-8-22-12-17)30(27,28)14-16-5-6-20-18(11-16)7-9-29-20/h3-9,11-12,15,19,26H,10,13-14H2,1-2H3,(H,23,25)/t19-/m1/s1. The van der Waals surface area contributed by atoms with Crippen molar-refractivity contribution in [2.45, 2.75) is 38.6 Å². The van der Waals surface area contributed by atoms with E-state index in [1.165, 1.54) is 4.31 Å². The molecule has 0 aliphatic heterocycles. The summed E-state index contributed by atoms with van der Waals surface area (Å²) >= 11 is 1.59.